The number of hydrogen-bond donors (Lipinski definition) is 0. The molecule has 0 bridgehead atoms. The minimum atomic E-state index is 0.0978. The highest BCUT2D eigenvalue weighted by Crippen LogP contribution is 2.28. The average Bonchev–Trinajstić information content (AvgIpc) is 2.30. The van der Waals surface area contributed by atoms with Gasteiger partial charge in [-0.05, 0) is 12.1 Å². The zero-order valence-corrected chi connectivity index (χ0v) is 9.82. The Morgan fingerprint density at radius 2 is 2.00 bits per heavy atom. The molecule has 5 heteroatoms. The molecule has 0 fully saturated rings. The molecule has 0 spiro atoms. The number of nitrogens with zero attached hydrogens (tertiary/aromatic N) is 4. The minimum absolute atomic E-state index is 0.0978. The molecule has 0 saturated carbocycles. The molecule has 1 heterocycles. The highest BCUT2D eigenvalue weighted by molar-refractivity contribution is 8.03. The largest absolute Gasteiger partial charge is 0.370 e. The normalized spacial score (nSPS) is 8.75. The lowest BCUT2D eigenvalue weighted by Gasteiger charge is -2.15. The van der Waals surface area contributed by atoms with E-state index in [0.717, 1.165) is 5.03 Å². The van der Waals surface area contributed by atoms with Gasteiger partial charge in [0.2, 0.25) is 0 Å². The maximum Gasteiger partial charge on any atom is 0.159 e. The summed E-state index contributed by atoms with van der Waals surface area (Å²) in [6, 6.07) is 9.28. The number of hydrogen-bond acceptors (Lipinski definition) is 5. The summed E-state index contributed by atoms with van der Waals surface area (Å²) in [5, 5.41) is 19.0. The second-order valence-electron chi connectivity index (χ2n) is 3.07. The number of aromatic nitrogens is 1. The van der Waals surface area contributed by atoms with Crippen LogP contribution in [0.15, 0.2) is 40.0 Å². The molecule has 0 atom stereocenters. The van der Waals surface area contributed by atoms with Crippen LogP contribution in [0.1, 0.15) is 0 Å². The van der Waals surface area contributed by atoms with Gasteiger partial charge in [0.1, 0.15) is 22.2 Å². The van der Waals surface area contributed by atoms with Crippen molar-refractivity contribution in [3.63, 3.8) is 0 Å². The van der Waals surface area contributed by atoms with E-state index >= 15 is 0 Å². The second kappa shape index (κ2) is 5.79. The fourth-order valence-corrected chi connectivity index (χ4v) is 1.83. The van der Waals surface area contributed by atoms with Crippen molar-refractivity contribution in [1.82, 2.24) is 9.88 Å². The van der Waals surface area contributed by atoms with Crippen LogP contribution in [0.4, 0.5) is 0 Å². The smallest absolute Gasteiger partial charge is 0.159 e. The van der Waals surface area contributed by atoms with Crippen molar-refractivity contribution < 1.29 is 0 Å². The highest BCUT2D eigenvalue weighted by atomic mass is 32.2. The summed E-state index contributed by atoms with van der Waals surface area (Å²) in [6.07, 6.45) is 1.67. The summed E-state index contributed by atoms with van der Waals surface area (Å²) in [5.74, 6) is 0. The van der Waals surface area contributed by atoms with E-state index < -0.39 is 0 Å². The topological polar surface area (TPSA) is 63.7 Å². The summed E-state index contributed by atoms with van der Waals surface area (Å²) in [7, 11) is 3.58. The van der Waals surface area contributed by atoms with E-state index in [1.807, 2.05) is 30.3 Å². The fraction of sp³-hybridized carbons (Fsp3) is 0.182. The lowest BCUT2D eigenvalue weighted by atomic mass is 10.3. The molecular formula is C11H10N4S. The molecule has 4 nitrogen and oxygen atoms in total. The summed E-state index contributed by atoms with van der Waals surface area (Å²) >= 11 is 1.30. The lowest BCUT2D eigenvalue weighted by Crippen LogP contribution is -2.10. The van der Waals surface area contributed by atoms with Crippen LogP contribution in [0.2, 0.25) is 0 Å². The molecule has 0 N–H and O–H groups in total. The highest BCUT2D eigenvalue weighted by Gasteiger charge is 2.11. The van der Waals surface area contributed by atoms with E-state index in [1.54, 1.807) is 25.2 Å². The first-order chi connectivity index (χ1) is 7.69. The molecule has 1 rings (SSSR count). The molecule has 80 valence electrons. The van der Waals surface area contributed by atoms with Crippen molar-refractivity contribution >= 4 is 11.8 Å². The first kappa shape index (κ1) is 12.1. The van der Waals surface area contributed by atoms with Gasteiger partial charge in [-0.25, -0.2) is 4.98 Å². The van der Waals surface area contributed by atoms with Crippen LogP contribution in [0.3, 0.4) is 0 Å². The summed E-state index contributed by atoms with van der Waals surface area (Å²) in [5.41, 5.74) is 0.0978. The minimum Gasteiger partial charge on any atom is -0.370 e. The molecule has 0 aliphatic carbocycles. The van der Waals surface area contributed by atoms with Crippen LogP contribution < -0.4 is 0 Å². The van der Waals surface area contributed by atoms with Gasteiger partial charge in [0, 0.05) is 20.3 Å². The van der Waals surface area contributed by atoms with Crippen LogP contribution in [0.5, 0.6) is 0 Å². The Kier molecular flexibility index (Phi) is 4.38. The third kappa shape index (κ3) is 3.01. The Morgan fingerprint density at radius 3 is 2.44 bits per heavy atom. The molecule has 0 aromatic carbocycles. The molecule has 0 aliphatic rings. The molecule has 0 radical (unpaired) electrons. The number of pyridine rings is 1. The first-order valence-electron chi connectivity index (χ1n) is 4.49. The lowest BCUT2D eigenvalue weighted by molar-refractivity contribution is 0.547. The van der Waals surface area contributed by atoms with E-state index in [9.17, 15) is 0 Å². The molecule has 0 amide bonds. The van der Waals surface area contributed by atoms with Crippen LogP contribution in [-0.2, 0) is 0 Å². The fourth-order valence-electron chi connectivity index (χ4n) is 0.993. The maximum absolute atomic E-state index is 8.83. The van der Waals surface area contributed by atoms with Gasteiger partial charge in [-0.2, -0.15) is 10.5 Å². The summed E-state index contributed by atoms with van der Waals surface area (Å²) in [6.45, 7) is 0. The van der Waals surface area contributed by atoms with Crippen LogP contribution in [-0.4, -0.2) is 24.0 Å². The molecule has 16 heavy (non-hydrogen) atoms. The zero-order valence-electron chi connectivity index (χ0n) is 9.01. The maximum atomic E-state index is 8.83. The van der Waals surface area contributed by atoms with Gasteiger partial charge in [0.15, 0.2) is 5.57 Å². The van der Waals surface area contributed by atoms with E-state index in [2.05, 4.69) is 4.98 Å². The van der Waals surface area contributed by atoms with Crippen LogP contribution in [0.25, 0.3) is 0 Å². The molecular weight excluding hydrogens is 220 g/mol. The van der Waals surface area contributed by atoms with E-state index in [0.29, 0.717) is 5.03 Å². The van der Waals surface area contributed by atoms with Crippen LogP contribution in [0, 0.1) is 22.7 Å². The van der Waals surface area contributed by atoms with Crippen molar-refractivity contribution in [2.45, 2.75) is 5.03 Å². The standard InChI is InChI=1S/C11H10N4S/c1-15(2)11(9(7-12)8-13)16-10-5-3-4-6-14-10/h3-6H,1-2H3. The van der Waals surface area contributed by atoms with E-state index in [1.165, 1.54) is 11.8 Å². The SMILES string of the molecule is CN(C)C(Sc1ccccn1)=C(C#N)C#N. The Hall–Kier alpha value is -1.98. The Balaban J connectivity index is 3.05. The molecule has 0 unspecified atom stereocenters. The van der Waals surface area contributed by atoms with Gasteiger partial charge in [-0.3, -0.25) is 0 Å². The Labute approximate surface area is 98.8 Å². The quantitative estimate of drug-likeness (QED) is 0.587. The molecule has 1 aromatic heterocycles. The third-order valence-electron chi connectivity index (χ3n) is 1.68. The number of rotatable bonds is 3. The predicted molar refractivity (Wildman–Crippen MR) is 62.0 cm³/mol. The number of thioether (sulfide) groups is 1. The monoisotopic (exact) mass is 230 g/mol. The molecule has 1 aromatic rings. The Morgan fingerprint density at radius 1 is 1.31 bits per heavy atom. The third-order valence-corrected chi connectivity index (χ3v) is 2.90. The zero-order chi connectivity index (χ0) is 12.0. The number of nitriles is 2. The average molecular weight is 230 g/mol. The van der Waals surface area contributed by atoms with Crippen molar-refractivity contribution in [1.29, 1.82) is 10.5 Å². The van der Waals surface area contributed by atoms with Crippen LogP contribution >= 0.6 is 11.8 Å². The van der Waals surface area contributed by atoms with Crippen molar-refractivity contribution in [2.75, 3.05) is 14.1 Å². The summed E-state index contributed by atoms with van der Waals surface area (Å²) < 4.78 is 0. The molecule has 0 aliphatic heterocycles. The van der Waals surface area contributed by atoms with Gasteiger partial charge in [0.25, 0.3) is 0 Å². The van der Waals surface area contributed by atoms with Crippen molar-refractivity contribution in [3.05, 3.63) is 35.0 Å². The second-order valence-corrected chi connectivity index (χ2v) is 4.08. The molecule has 0 saturated heterocycles. The van der Waals surface area contributed by atoms with E-state index in [-0.39, 0.29) is 5.57 Å². The van der Waals surface area contributed by atoms with Gasteiger partial charge >= 0.3 is 0 Å². The van der Waals surface area contributed by atoms with Gasteiger partial charge in [-0.1, -0.05) is 17.8 Å². The van der Waals surface area contributed by atoms with Gasteiger partial charge in [0.05, 0.1) is 0 Å². The number of allylic oxidation sites excluding steroid dienone is 1. The Bertz CT molecular complexity index is 449. The first-order valence-corrected chi connectivity index (χ1v) is 5.31. The summed E-state index contributed by atoms with van der Waals surface area (Å²) in [4.78, 5) is 5.87. The van der Waals surface area contributed by atoms with Crippen molar-refractivity contribution in [2.24, 2.45) is 0 Å². The predicted octanol–water partition coefficient (Wildman–Crippen LogP) is 1.99. The van der Waals surface area contributed by atoms with Crippen molar-refractivity contribution in [3.8, 4) is 12.1 Å². The van der Waals surface area contributed by atoms with Gasteiger partial charge in [-0.15, -0.1) is 0 Å². The van der Waals surface area contributed by atoms with E-state index in [4.69, 9.17) is 10.5 Å². The van der Waals surface area contributed by atoms with Gasteiger partial charge < -0.3 is 4.90 Å².